The predicted molar refractivity (Wildman–Crippen MR) is 65.4 cm³/mol. The van der Waals surface area contributed by atoms with E-state index >= 15 is 0 Å². The molecule has 0 saturated carbocycles. The average Bonchev–Trinajstić information content (AvgIpc) is 2.01. The van der Waals surface area contributed by atoms with Crippen LogP contribution < -0.4 is 5.73 Å². The topological polar surface area (TPSA) is 26.0 Å². The molecule has 1 unspecified atom stereocenters. The van der Waals surface area contributed by atoms with E-state index in [0.717, 1.165) is 4.47 Å². The summed E-state index contributed by atoms with van der Waals surface area (Å²) in [5.41, 5.74) is 8.65. The number of hydrogen-bond donors (Lipinski definition) is 1. The standard InChI is InChI=1S/C12H18BrN/c1-8(14)10-6-5-9(13)7-11(10)12(2,3)4/h5-8H,14H2,1-4H3. The molecule has 0 radical (unpaired) electrons. The first-order valence-electron chi connectivity index (χ1n) is 4.88. The van der Waals surface area contributed by atoms with Crippen LogP contribution in [0.4, 0.5) is 0 Å². The molecule has 1 nitrogen and oxygen atoms in total. The number of rotatable bonds is 1. The van der Waals surface area contributed by atoms with Gasteiger partial charge in [-0.2, -0.15) is 0 Å². The van der Waals surface area contributed by atoms with Gasteiger partial charge in [0.25, 0.3) is 0 Å². The van der Waals surface area contributed by atoms with Crippen LogP contribution in [0.2, 0.25) is 0 Å². The molecule has 2 heteroatoms. The largest absolute Gasteiger partial charge is 0.324 e. The van der Waals surface area contributed by atoms with Gasteiger partial charge in [-0.05, 0) is 35.6 Å². The van der Waals surface area contributed by atoms with Crippen molar-refractivity contribution in [2.45, 2.75) is 39.2 Å². The third-order valence-electron chi connectivity index (χ3n) is 2.31. The quantitative estimate of drug-likeness (QED) is 0.813. The van der Waals surface area contributed by atoms with Gasteiger partial charge in [0.1, 0.15) is 0 Å². The lowest BCUT2D eigenvalue weighted by atomic mass is 9.82. The molecule has 0 aliphatic heterocycles. The SMILES string of the molecule is CC(N)c1ccc(Br)cc1C(C)(C)C. The second-order valence-electron chi connectivity index (χ2n) is 4.77. The zero-order valence-corrected chi connectivity index (χ0v) is 10.9. The maximum absolute atomic E-state index is 5.95. The lowest BCUT2D eigenvalue weighted by molar-refractivity contribution is 0.574. The maximum atomic E-state index is 5.95. The van der Waals surface area contributed by atoms with Crippen LogP contribution in [0.1, 0.15) is 44.9 Å². The van der Waals surface area contributed by atoms with Crippen molar-refractivity contribution >= 4 is 15.9 Å². The molecular weight excluding hydrogens is 238 g/mol. The normalized spacial score (nSPS) is 14.1. The van der Waals surface area contributed by atoms with Crippen molar-refractivity contribution in [1.29, 1.82) is 0 Å². The van der Waals surface area contributed by atoms with Crippen LogP contribution in [0.15, 0.2) is 22.7 Å². The molecule has 0 spiro atoms. The Labute approximate surface area is 94.8 Å². The van der Waals surface area contributed by atoms with Crippen molar-refractivity contribution in [3.63, 3.8) is 0 Å². The van der Waals surface area contributed by atoms with Gasteiger partial charge in [-0.15, -0.1) is 0 Å². The van der Waals surface area contributed by atoms with Gasteiger partial charge in [0, 0.05) is 10.5 Å². The highest BCUT2D eigenvalue weighted by Gasteiger charge is 2.19. The molecule has 0 aliphatic carbocycles. The predicted octanol–water partition coefficient (Wildman–Crippen LogP) is 3.77. The first-order chi connectivity index (χ1) is 6.32. The van der Waals surface area contributed by atoms with Gasteiger partial charge in [-0.1, -0.05) is 42.8 Å². The summed E-state index contributed by atoms with van der Waals surface area (Å²) in [6.07, 6.45) is 0. The number of hydrogen-bond acceptors (Lipinski definition) is 1. The van der Waals surface area contributed by atoms with E-state index in [1.807, 2.05) is 13.0 Å². The Bertz CT molecular complexity index is 324. The van der Waals surface area contributed by atoms with Gasteiger partial charge in [0.15, 0.2) is 0 Å². The molecule has 0 fully saturated rings. The second kappa shape index (κ2) is 4.03. The number of benzene rings is 1. The van der Waals surface area contributed by atoms with Gasteiger partial charge in [-0.3, -0.25) is 0 Å². The Kier molecular flexibility index (Phi) is 3.38. The molecule has 1 aromatic carbocycles. The van der Waals surface area contributed by atoms with Gasteiger partial charge in [0.2, 0.25) is 0 Å². The van der Waals surface area contributed by atoms with E-state index in [-0.39, 0.29) is 11.5 Å². The van der Waals surface area contributed by atoms with Crippen LogP contribution >= 0.6 is 15.9 Å². The molecular formula is C12H18BrN. The van der Waals surface area contributed by atoms with E-state index in [1.165, 1.54) is 11.1 Å². The summed E-state index contributed by atoms with van der Waals surface area (Å²) >= 11 is 3.50. The first-order valence-corrected chi connectivity index (χ1v) is 5.67. The van der Waals surface area contributed by atoms with Gasteiger partial charge in [-0.25, -0.2) is 0 Å². The van der Waals surface area contributed by atoms with E-state index in [4.69, 9.17) is 5.73 Å². The van der Waals surface area contributed by atoms with Crippen LogP contribution in [0, 0.1) is 0 Å². The summed E-state index contributed by atoms with van der Waals surface area (Å²) in [5.74, 6) is 0. The second-order valence-corrected chi connectivity index (χ2v) is 5.69. The molecule has 0 bridgehead atoms. The lowest BCUT2D eigenvalue weighted by Gasteiger charge is -2.25. The third-order valence-corrected chi connectivity index (χ3v) is 2.81. The van der Waals surface area contributed by atoms with Crippen molar-refractivity contribution < 1.29 is 0 Å². The lowest BCUT2D eigenvalue weighted by Crippen LogP contribution is -2.18. The summed E-state index contributed by atoms with van der Waals surface area (Å²) in [5, 5.41) is 0. The minimum Gasteiger partial charge on any atom is -0.324 e. The highest BCUT2D eigenvalue weighted by molar-refractivity contribution is 9.10. The Morgan fingerprint density at radius 3 is 2.29 bits per heavy atom. The van der Waals surface area contributed by atoms with E-state index in [2.05, 4.69) is 48.8 Å². The van der Waals surface area contributed by atoms with Crippen molar-refractivity contribution in [3.05, 3.63) is 33.8 Å². The first kappa shape index (κ1) is 11.7. The average molecular weight is 256 g/mol. The molecule has 0 saturated heterocycles. The smallest absolute Gasteiger partial charge is 0.0269 e. The molecule has 0 heterocycles. The van der Waals surface area contributed by atoms with Crippen molar-refractivity contribution in [2.24, 2.45) is 5.73 Å². The van der Waals surface area contributed by atoms with E-state index in [1.54, 1.807) is 0 Å². The maximum Gasteiger partial charge on any atom is 0.0269 e. The fourth-order valence-corrected chi connectivity index (χ4v) is 1.94. The fraction of sp³-hybridized carbons (Fsp3) is 0.500. The molecule has 0 amide bonds. The molecule has 1 aromatic rings. The zero-order valence-electron chi connectivity index (χ0n) is 9.26. The summed E-state index contributed by atoms with van der Waals surface area (Å²) in [6, 6.07) is 6.42. The molecule has 0 aliphatic rings. The Morgan fingerprint density at radius 2 is 1.86 bits per heavy atom. The van der Waals surface area contributed by atoms with Crippen molar-refractivity contribution in [3.8, 4) is 0 Å². The van der Waals surface area contributed by atoms with Crippen molar-refractivity contribution in [2.75, 3.05) is 0 Å². The number of halogens is 1. The van der Waals surface area contributed by atoms with Gasteiger partial charge < -0.3 is 5.73 Å². The minimum atomic E-state index is 0.0947. The van der Waals surface area contributed by atoms with Crippen LogP contribution in [0.5, 0.6) is 0 Å². The highest BCUT2D eigenvalue weighted by Crippen LogP contribution is 2.31. The summed E-state index contributed by atoms with van der Waals surface area (Å²) in [4.78, 5) is 0. The Balaban J connectivity index is 3.30. The third kappa shape index (κ3) is 2.58. The van der Waals surface area contributed by atoms with Crippen LogP contribution in [-0.4, -0.2) is 0 Å². The van der Waals surface area contributed by atoms with Crippen LogP contribution in [0.3, 0.4) is 0 Å². The summed E-state index contributed by atoms with van der Waals surface area (Å²) in [6.45, 7) is 8.65. The van der Waals surface area contributed by atoms with Crippen molar-refractivity contribution in [1.82, 2.24) is 0 Å². The van der Waals surface area contributed by atoms with E-state index < -0.39 is 0 Å². The van der Waals surface area contributed by atoms with Gasteiger partial charge in [0.05, 0.1) is 0 Å². The van der Waals surface area contributed by atoms with E-state index in [0.29, 0.717) is 0 Å². The molecule has 1 atom stereocenters. The zero-order chi connectivity index (χ0) is 10.9. The number of nitrogens with two attached hydrogens (primary N) is 1. The molecule has 1 rings (SSSR count). The highest BCUT2D eigenvalue weighted by atomic mass is 79.9. The van der Waals surface area contributed by atoms with Crippen LogP contribution in [0.25, 0.3) is 0 Å². The Morgan fingerprint density at radius 1 is 1.29 bits per heavy atom. The molecule has 2 N–H and O–H groups in total. The molecule has 78 valence electrons. The summed E-state index contributed by atoms with van der Waals surface area (Å²) < 4.78 is 1.12. The molecule has 0 aromatic heterocycles. The monoisotopic (exact) mass is 255 g/mol. The fourth-order valence-electron chi connectivity index (χ4n) is 1.58. The summed E-state index contributed by atoms with van der Waals surface area (Å²) in [7, 11) is 0. The minimum absolute atomic E-state index is 0.0947. The van der Waals surface area contributed by atoms with Crippen LogP contribution in [-0.2, 0) is 5.41 Å². The Hall–Kier alpha value is -0.340. The van der Waals surface area contributed by atoms with Gasteiger partial charge >= 0.3 is 0 Å². The van der Waals surface area contributed by atoms with E-state index in [9.17, 15) is 0 Å². The molecule has 14 heavy (non-hydrogen) atoms.